The van der Waals surface area contributed by atoms with E-state index in [1.807, 2.05) is 18.2 Å². The smallest absolute Gasteiger partial charge is 0.335 e. The minimum absolute atomic E-state index is 0.225. The summed E-state index contributed by atoms with van der Waals surface area (Å²) in [7, 11) is 0. The first-order chi connectivity index (χ1) is 9.25. The maximum absolute atomic E-state index is 11.7. The largest absolute Gasteiger partial charge is 0.430 e. The highest BCUT2D eigenvalue weighted by atomic mass is 16.4. The first kappa shape index (κ1) is 13.1. The van der Waals surface area contributed by atoms with Crippen molar-refractivity contribution in [1.29, 1.82) is 0 Å². The van der Waals surface area contributed by atoms with Crippen molar-refractivity contribution in [3.05, 3.63) is 70.3 Å². The van der Waals surface area contributed by atoms with Crippen molar-refractivity contribution >= 4 is 5.91 Å². The summed E-state index contributed by atoms with van der Waals surface area (Å²) in [6.45, 7) is 0.590. The Balaban J connectivity index is 1.75. The van der Waals surface area contributed by atoms with Crippen LogP contribution in [0.1, 0.15) is 22.3 Å². The fourth-order valence-electron chi connectivity index (χ4n) is 1.73. The number of carbonyl (C=O) groups excluding carboxylic acids is 1. The Bertz CT molecular complexity index is 569. The highest BCUT2D eigenvalue weighted by molar-refractivity contribution is 5.93. The van der Waals surface area contributed by atoms with Crippen LogP contribution in [0.25, 0.3) is 0 Å². The van der Waals surface area contributed by atoms with Crippen LogP contribution in [0.3, 0.4) is 0 Å². The van der Waals surface area contributed by atoms with Gasteiger partial charge in [-0.1, -0.05) is 30.3 Å². The van der Waals surface area contributed by atoms with Crippen molar-refractivity contribution in [1.82, 2.24) is 5.32 Å². The molecule has 0 atom stereocenters. The van der Waals surface area contributed by atoms with E-state index in [1.54, 1.807) is 0 Å². The minimum atomic E-state index is -0.458. The van der Waals surface area contributed by atoms with E-state index in [-0.39, 0.29) is 5.91 Å². The summed E-state index contributed by atoms with van der Waals surface area (Å²) in [5.41, 5.74) is 1.15. The molecule has 0 aliphatic carbocycles. The summed E-state index contributed by atoms with van der Waals surface area (Å²) >= 11 is 0. The number of hydrogen-bond donors (Lipinski definition) is 1. The van der Waals surface area contributed by atoms with E-state index in [2.05, 4.69) is 21.9 Å². The van der Waals surface area contributed by atoms with Gasteiger partial charge in [0.2, 0.25) is 0 Å². The number of aryl methyl sites for hydroxylation is 1. The summed E-state index contributed by atoms with van der Waals surface area (Å²) in [4.78, 5) is 22.5. The van der Waals surface area contributed by atoms with Gasteiger partial charge in [0, 0.05) is 12.6 Å². The predicted octanol–water partition coefficient (Wildman–Crippen LogP) is 2.00. The van der Waals surface area contributed by atoms with Gasteiger partial charge >= 0.3 is 5.63 Å². The second kappa shape index (κ2) is 6.54. The zero-order valence-corrected chi connectivity index (χ0v) is 10.5. The maximum Gasteiger partial charge on any atom is 0.335 e. The molecular formula is C15H15NO3. The molecule has 2 aromatic rings. The monoisotopic (exact) mass is 257 g/mol. The van der Waals surface area contributed by atoms with Crippen LogP contribution in [0.15, 0.2) is 57.9 Å². The molecule has 1 aromatic carbocycles. The van der Waals surface area contributed by atoms with Gasteiger partial charge in [-0.3, -0.25) is 4.79 Å². The van der Waals surface area contributed by atoms with Crippen LogP contribution in [0.4, 0.5) is 0 Å². The Hall–Kier alpha value is -2.36. The normalized spacial score (nSPS) is 10.1. The first-order valence-corrected chi connectivity index (χ1v) is 6.17. The third kappa shape index (κ3) is 4.10. The summed E-state index contributed by atoms with van der Waals surface area (Å²) in [5.74, 6) is -0.225. The number of nitrogens with one attached hydrogen (secondary N) is 1. The molecule has 0 radical (unpaired) electrons. The zero-order valence-electron chi connectivity index (χ0n) is 10.5. The van der Waals surface area contributed by atoms with Gasteiger partial charge in [0.25, 0.3) is 5.91 Å². The van der Waals surface area contributed by atoms with E-state index in [1.165, 1.54) is 24.0 Å². The van der Waals surface area contributed by atoms with Gasteiger partial charge in [-0.25, -0.2) is 4.79 Å². The standard InChI is InChI=1S/C15H15NO3/c17-14-9-8-13(11-19-14)15(18)16-10-4-7-12-5-2-1-3-6-12/h1-3,5-6,8-9,11H,4,7,10H2,(H,16,18). The lowest BCUT2D eigenvalue weighted by atomic mass is 10.1. The fourth-order valence-corrected chi connectivity index (χ4v) is 1.73. The third-order valence-corrected chi connectivity index (χ3v) is 2.73. The van der Waals surface area contributed by atoms with E-state index in [9.17, 15) is 9.59 Å². The molecule has 1 N–H and O–H groups in total. The molecule has 98 valence electrons. The lowest BCUT2D eigenvalue weighted by molar-refractivity contribution is 0.0951. The first-order valence-electron chi connectivity index (χ1n) is 6.17. The number of benzene rings is 1. The average Bonchev–Trinajstić information content (AvgIpc) is 2.45. The topological polar surface area (TPSA) is 59.3 Å². The molecule has 1 aromatic heterocycles. The van der Waals surface area contributed by atoms with Gasteiger partial charge in [0.15, 0.2) is 0 Å². The molecule has 0 aliphatic heterocycles. The van der Waals surface area contributed by atoms with Crippen molar-refractivity contribution in [3.8, 4) is 0 Å². The SMILES string of the molecule is O=C(NCCCc1ccccc1)c1ccc(=O)oc1. The lowest BCUT2D eigenvalue weighted by Gasteiger charge is -2.04. The van der Waals surface area contributed by atoms with Gasteiger partial charge in [-0.2, -0.15) is 0 Å². The van der Waals surface area contributed by atoms with Crippen LogP contribution in [0, 0.1) is 0 Å². The Morgan fingerprint density at radius 2 is 1.89 bits per heavy atom. The van der Waals surface area contributed by atoms with Crippen molar-refractivity contribution in [2.24, 2.45) is 0 Å². The van der Waals surface area contributed by atoms with E-state index >= 15 is 0 Å². The van der Waals surface area contributed by atoms with Crippen molar-refractivity contribution in [2.75, 3.05) is 6.54 Å². The lowest BCUT2D eigenvalue weighted by Crippen LogP contribution is -2.25. The number of amides is 1. The van der Waals surface area contributed by atoms with E-state index in [0.29, 0.717) is 12.1 Å². The molecule has 2 rings (SSSR count). The van der Waals surface area contributed by atoms with Gasteiger partial charge in [-0.05, 0) is 24.5 Å². The maximum atomic E-state index is 11.7. The summed E-state index contributed by atoms with van der Waals surface area (Å²) in [6.07, 6.45) is 2.96. The molecule has 0 unspecified atom stereocenters. The molecule has 19 heavy (non-hydrogen) atoms. The predicted molar refractivity (Wildman–Crippen MR) is 72.1 cm³/mol. The van der Waals surface area contributed by atoms with Crippen molar-refractivity contribution in [2.45, 2.75) is 12.8 Å². The molecule has 0 saturated carbocycles. The Morgan fingerprint density at radius 3 is 2.58 bits per heavy atom. The number of hydrogen-bond acceptors (Lipinski definition) is 3. The molecule has 0 saturated heterocycles. The highest BCUT2D eigenvalue weighted by Crippen LogP contribution is 2.02. The van der Waals surface area contributed by atoms with E-state index < -0.39 is 5.63 Å². The highest BCUT2D eigenvalue weighted by Gasteiger charge is 2.05. The molecule has 1 heterocycles. The number of rotatable bonds is 5. The molecule has 0 aliphatic rings. The Kier molecular flexibility index (Phi) is 4.50. The van der Waals surface area contributed by atoms with Crippen LogP contribution in [0.5, 0.6) is 0 Å². The molecule has 1 amide bonds. The fraction of sp³-hybridized carbons (Fsp3) is 0.200. The Morgan fingerprint density at radius 1 is 1.11 bits per heavy atom. The summed E-state index contributed by atoms with van der Waals surface area (Å²) in [6, 6.07) is 12.8. The van der Waals surface area contributed by atoms with Gasteiger partial charge in [0.05, 0.1) is 5.56 Å². The average molecular weight is 257 g/mol. The third-order valence-electron chi connectivity index (χ3n) is 2.73. The van der Waals surface area contributed by atoms with Crippen LogP contribution >= 0.6 is 0 Å². The second-order valence-corrected chi connectivity index (χ2v) is 4.19. The van der Waals surface area contributed by atoms with Crippen LogP contribution < -0.4 is 10.9 Å². The second-order valence-electron chi connectivity index (χ2n) is 4.19. The summed E-state index contributed by atoms with van der Waals surface area (Å²) < 4.78 is 4.64. The van der Waals surface area contributed by atoms with Crippen LogP contribution in [0.2, 0.25) is 0 Å². The minimum Gasteiger partial charge on any atom is -0.430 e. The van der Waals surface area contributed by atoms with Gasteiger partial charge in [-0.15, -0.1) is 0 Å². The Labute approximate surface area is 111 Å². The van der Waals surface area contributed by atoms with Crippen molar-refractivity contribution < 1.29 is 9.21 Å². The van der Waals surface area contributed by atoms with Crippen LogP contribution in [-0.4, -0.2) is 12.5 Å². The summed E-state index contributed by atoms with van der Waals surface area (Å²) in [5, 5.41) is 2.79. The quantitative estimate of drug-likeness (QED) is 0.833. The van der Waals surface area contributed by atoms with Gasteiger partial charge in [0.1, 0.15) is 6.26 Å². The molecule has 0 bridgehead atoms. The molecule has 0 spiro atoms. The zero-order chi connectivity index (χ0) is 13.5. The molecule has 4 nitrogen and oxygen atoms in total. The van der Waals surface area contributed by atoms with Crippen molar-refractivity contribution in [3.63, 3.8) is 0 Å². The van der Waals surface area contributed by atoms with Gasteiger partial charge < -0.3 is 9.73 Å². The van der Waals surface area contributed by atoms with E-state index in [4.69, 9.17) is 0 Å². The van der Waals surface area contributed by atoms with Crippen LogP contribution in [-0.2, 0) is 6.42 Å². The molecule has 0 fully saturated rings. The molecular weight excluding hydrogens is 242 g/mol. The van der Waals surface area contributed by atoms with E-state index in [0.717, 1.165) is 12.8 Å². The number of carbonyl (C=O) groups is 1. The molecule has 4 heteroatoms.